The Bertz CT molecular complexity index is 736. The zero-order valence-corrected chi connectivity index (χ0v) is 13.3. The molecule has 1 aromatic heterocycles. The van der Waals surface area contributed by atoms with Crippen LogP contribution in [0.5, 0.6) is 0 Å². The van der Waals surface area contributed by atoms with Crippen molar-refractivity contribution in [1.29, 1.82) is 5.26 Å². The average Bonchev–Trinajstić information content (AvgIpc) is 2.51. The first-order chi connectivity index (χ1) is 10.6. The minimum atomic E-state index is -0.161. The van der Waals surface area contributed by atoms with E-state index in [2.05, 4.69) is 37.1 Å². The third-order valence-corrected chi connectivity index (χ3v) is 3.63. The quantitative estimate of drug-likeness (QED) is 0.848. The van der Waals surface area contributed by atoms with Crippen molar-refractivity contribution in [2.75, 3.05) is 0 Å². The number of nitriles is 1. The van der Waals surface area contributed by atoms with Gasteiger partial charge in [-0.2, -0.15) is 10.4 Å². The summed E-state index contributed by atoms with van der Waals surface area (Å²) in [4.78, 5) is 12.2. The Morgan fingerprint density at radius 2 is 1.95 bits per heavy atom. The van der Waals surface area contributed by atoms with E-state index >= 15 is 0 Å². The van der Waals surface area contributed by atoms with E-state index in [1.807, 2.05) is 19.1 Å². The Morgan fingerprint density at radius 3 is 2.50 bits per heavy atom. The fraction of sp³-hybridized carbons (Fsp3) is 0.389. The number of aromatic nitrogens is 2. The van der Waals surface area contributed by atoms with E-state index in [4.69, 9.17) is 5.26 Å². The highest BCUT2D eigenvalue weighted by Gasteiger charge is 2.10. The molecule has 0 N–H and O–H groups in total. The SMILES string of the molecule is CCCn1nc(-c2ccc(C(C)C)cc2)cc(CC#N)c1=O. The summed E-state index contributed by atoms with van der Waals surface area (Å²) in [6.07, 6.45) is 0.941. The molecule has 0 aliphatic carbocycles. The molecular weight excluding hydrogens is 274 g/mol. The molecule has 2 aromatic rings. The lowest BCUT2D eigenvalue weighted by Crippen LogP contribution is -2.26. The van der Waals surface area contributed by atoms with Gasteiger partial charge in [0.1, 0.15) is 0 Å². The highest BCUT2D eigenvalue weighted by atomic mass is 16.1. The summed E-state index contributed by atoms with van der Waals surface area (Å²) >= 11 is 0. The number of benzene rings is 1. The molecule has 0 saturated carbocycles. The third-order valence-electron chi connectivity index (χ3n) is 3.63. The second-order valence-electron chi connectivity index (χ2n) is 5.69. The fourth-order valence-electron chi connectivity index (χ4n) is 2.35. The first-order valence-electron chi connectivity index (χ1n) is 7.65. The third kappa shape index (κ3) is 3.43. The molecule has 0 aliphatic rings. The summed E-state index contributed by atoms with van der Waals surface area (Å²) in [6, 6.07) is 12.0. The molecule has 0 radical (unpaired) electrons. The predicted octanol–water partition coefficient (Wildman–Crippen LogP) is 3.51. The van der Waals surface area contributed by atoms with Crippen LogP contribution in [0.1, 0.15) is 44.2 Å². The molecule has 0 amide bonds. The van der Waals surface area contributed by atoms with Gasteiger partial charge in [0, 0.05) is 17.7 Å². The number of aryl methyl sites for hydroxylation is 1. The van der Waals surface area contributed by atoms with Crippen LogP contribution in [0.15, 0.2) is 35.1 Å². The molecule has 0 atom stereocenters. The minimum Gasteiger partial charge on any atom is -0.267 e. The van der Waals surface area contributed by atoms with Gasteiger partial charge < -0.3 is 0 Å². The Kier molecular flexibility index (Phi) is 5.11. The maximum atomic E-state index is 12.2. The van der Waals surface area contributed by atoms with Crippen LogP contribution in [-0.2, 0) is 13.0 Å². The van der Waals surface area contributed by atoms with Crippen LogP contribution in [0.2, 0.25) is 0 Å². The Hall–Kier alpha value is -2.41. The lowest BCUT2D eigenvalue weighted by atomic mass is 10.0. The van der Waals surface area contributed by atoms with E-state index in [1.54, 1.807) is 6.07 Å². The van der Waals surface area contributed by atoms with Crippen LogP contribution < -0.4 is 5.56 Å². The molecule has 1 aromatic carbocycles. The molecule has 2 rings (SSSR count). The van der Waals surface area contributed by atoms with Crippen LogP contribution in [0.25, 0.3) is 11.3 Å². The zero-order chi connectivity index (χ0) is 16.1. The van der Waals surface area contributed by atoms with Gasteiger partial charge in [0.2, 0.25) is 0 Å². The fourth-order valence-corrected chi connectivity index (χ4v) is 2.35. The van der Waals surface area contributed by atoms with Crippen LogP contribution in [0.3, 0.4) is 0 Å². The molecular formula is C18H21N3O. The molecule has 114 valence electrons. The summed E-state index contributed by atoms with van der Waals surface area (Å²) in [6.45, 7) is 6.87. The summed E-state index contributed by atoms with van der Waals surface area (Å²) in [7, 11) is 0. The van der Waals surface area contributed by atoms with Crippen molar-refractivity contribution >= 4 is 0 Å². The smallest absolute Gasteiger partial charge is 0.267 e. The van der Waals surface area contributed by atoms with Crippen LogP contribution in [-0.4, -0.2) is 9.78 Å². The molecule has 0 bridgehead atoms. The summed E-state index contributed by atoms with van der Waals surface area (Å²) in [5.41, 5.74) is 3.32. The predicted molar refractivity (Wildman–Crippen MR) is 87.6 cm³/mol. The number of hydrogen-bond acceptors (Lipinski definition) is 3. The van der Waals surface area contributed by atoms with Gasteiger partial charge in [0.15, 0.2) is 0 Å². The molecule has 0 saturated heterocycles. The van der Waals surface area contributed by atoms with E-state index < -0.39 is 0 Å². The Labute approximate surface area is 131 Å². The van der Waals surface area contributed by atoms with Crippen molar-refractivity contribution in [2.24, 2.45) is 0 Å². The van der Waals surface area contributed by atoms with E-state index in [9.17, 15) is 4.79 Å². The van der Waals surface area contributed by atoms with Gasteiger partial charge >= 0.3 is 0 Å². The van der Waals surface area contributed by atoms with Gasteiger partial charge in [-0.25, -0.2) is 4.68 Å². The van der Waals surface area contributed by atoms with Gasteiger partial charge in [0.05, 0.1) is 18.2 Å². The Balaban J connectivity index is 2.50. The summed E-state index contributed by atoms with van der Waals surface area (Å²) in [5.74, 6) is 0.477. The van der Waals surface area contributed by atoms with Gasteiger partial charge in [-0.15, -0.1) is 0 Å². The molecule has 0 spiro atoms. The minimum absolute atomic E-state index is 0.113. The lowest BCUT2D eigenvalue weighted by molar-refractivity contribution is 0.566. The molecule has 0 unspecified atom stereocenters. The maximum absolute atomic E-state index is 12.2. The van der Waals surface area contributed by atoms with Crippen molar-refractivity contribution < 1.29 is 0 Å². The standard InChI is InChI=1S/C18H21N3O/c1-4-11-21-18(22)16(9-10-19)12-17(20-21)15-7-5-14(6-8-15)13(2)3/h5-8,12-13H,4,9,11H2,1-3H3. The molecule has 22 heavy (non-hydrogen) atoms. The summed E-state index contributed by atoms with van der Waals surface area (Å²) < 4.78 is 1.47. The molecule has 0 aliphatic heterocycles. The second-order valence-corrected chi connectivity index (χ2v) is 5.69. The van der Waals surface area contributed by atoms with Gasteiger partial charge in [-0.1, -0.05) is 45.0 Å². The van der Waals surface area contributed by atoms with E-state index in [1.165, 1.54) is 10.2 Å². The van der Waals surface area contributed by atoms with Gasteiger partial charge in [-0.05, 0) is 24.0 Å². The second kappa shape index (κ2) is 7.04. The molecule has 0 fully saturated rings. The largest absolute Gasteiger partial charge is 0.271 e. The lowest BCUT2D eigenvalue weighted by Gasteiger charge is -2.10. The van der Waals surface area contributed by atoms with Crippen molar-refractivity contribution in [3.05, 3.63) is 51.8 Å². The number of nitrogens with zero attached hydrogens (tertiary/aromatic N) is 3. The van der Waals surface area contributed by atoms with Gasteiger partial charge in [-0.3, -0.25) is 4.79 Å². The van der Waals surface area contributed by atoms with Crippen LogP contribution in [0, 0.1) is 11.3 Å². The van der Waals surface area contributed by atoms with Crippen LogP contribution in [0.4, 0.5) is 0 Å². The topological polar surface area (TPSA) is 58.7 Å². The molecule has 4 heteroatoms. The number of rotatable bonds is 5. The molecule has 1 heterocycles. The highest BCUT2D eigenvalue weighted by molar-refractivity contribution is 5.59. The average molecular weight is 295 g/mol. The number of hydrogen-bond donors (Lipinski definition) is 0. The van der Waals surface area contributed by atoms with Crippen molar-refractivity contribution in [3.8, 4) is 17.3 Å². The first-order valence-corrected chi connectivity index (χ1v) is 7.65. The van der Waals surface area contributed by atoms with E-state index in [0.717, 1.165) is 17.7 Å². The van der Waals surface area contributed by atoms with Gasteiger partial charge in [0.25, 0.3) is 5.56 Å². The monoisotopic (exact) mass is 295 g/mol. The highest BCUT2D eigenvalue weighted by Crippen LogP contribution is 2.21. The first kappa shape index (κ1) is 16.0. The van der Waals surface area contributed by atoms with Crippen LogP contribution >= 0.6 is 0 Å². The zero-order valence-electron chi connectivity index (χ0n) is 13.3. The molecule has 4 nitrogen and oxygen atoms in total. The van der Waals surface area contributed by atoms with E-state index in [-0.39, 0.29) is 12.0 Å². The van der Waals surface area contributed by atoms with Crippen molar-refractivity contribution in [3.63, 3.8) is 0 Å². The maximum Gasteiger partial charge on any atom is 0.271 e. The normalized spacial score (nSPS) is 10.7. The Morgan fingerprint density at radius 1 is 1.27 bits per heavy atom. The van der Waals surface area contributed by atoms with Crippen molar-refractivity contribution in [2.45, 2.75) is 46.1 Å². The van der Waals surface area contributed by atoms with Crippen molar-refractivity contribution in [1.82, 2.24) is 9.78 Å². The van der Waals surface area contributed by atoms with E-state index in [0.29, 0.717) is 18.0 Å². The summed E-state index contributed by atoms with van der Waals surface area (Å²) in [5, 5.41) is 13.3.